The molecule has 0 aliphatic heterocycles. The van der Waals surface area contributed by atoms with Gasteiger partial charge in [-0.3, -0.25) is 9.59 Å². The van der Waals surface area contributed by atoms with Gasteiger partial charge >= 0.3 is 0 Å². The summed E-state index contributed by atoms with van der Waals surface area (Å²) in [6.45, 7) is 12.2. The second-order valence-corrected chi connectivity index (χ2v) is 5.69. The highest BCUT2D eigenvalue weighted by Gasteiger charge is 2.21. The van der Waals surface area contributed by atoms with E-state index in [1.54, 1.807) is 6.92 Å². The second kappa shape index (κ2) is 7.36. The van der Waals surface area contributed by atoms with Crippen molar-refractivity contribution < 1.29 is 9.59 Å². The normalized spacial score (nSPS) is 14.8. The molecule has 5 heteroatoms. The maximum absolute atomic E-state index is 11.8. The summed E-state index contributed by atoms with van der Waals surface area (Å²) in [5.41, 5.74) is -0.285. The monoisotopic (exact) mass is 257 g/mol. The Morgan fingerprint density at radius 2 is 1.72 bits per heavy atom. The van der Waals surface area contributed by atoms with Gasteiger partial charge in [0.1, 0.15) is 6.04 Å². The van der Waals surface area contributed by atoms with Crippen molar-refractivity contribution in [2.24, 2.45) is 0 Å². The number of carbonyl (C=O) groups is 2. The highest BCUT2D eigenvalue weighted by atomic mass is 16.2. The second-order valence-electron chi connectivity index (χ2n) is 5.69. The number of nitrogens with one attached hydrogen (secondary N) is 3. The van der Waals surface area contributed by atoms with Crippen LogP contribution in [0.5, 0.6) is 0 Å². The molecule has 0 aromatic heterocycles. The van der Waals surface area contributed by atoms with Crippen molar-refractivity contribution in [2.45, 2.75) is 65.6 Å². The number of rotatable bonds is 6. The minimum absolute atomic E-state index is 0.111. The summed E-state index contributed by atoms with van der Waals surface area (Å²) >= 11 is 0. The van der Waals surface area contributed by atoms with Crippen LogP contribution in [0.2, 0.25) is 0 Å². The fraction of sp³-hybridized carbons (Fsp3) is 0.846. The topological polar surface area (TPSA) is 70.2 Å². The van der Waals surface area contributed by atoms with Gasteiger partial charge in [0.15, 0.2) is 0 Å². The third kappa shape index (κ3) is 8.06. The van der Waals surface area contributed by atoms with Gasteiger partial charge in [-0.05, 0) is 41.2 Å². The Kier molecular flexibility index (Phi) is 6.91. The average Bonchev–Trinajstić information content (AvgIpc) is 2.14. The smallest absolute Gasteiger partial charge is 0.242 e. The molecule has 0 fully saturated rings. The van der Waals surface area contributed by atoms with E-state index in [1.165, 1.54) is 0 Å². The van der Waals surface area contributed by atoms with E-state index in [4.69, 9.17) is 0 Å². The maximum Gasteiger partial charge on any atom is 0.242 e. The lowest BCUT2D eigenvalue weighted by molar-refractivity contribution is -0.129. The minimum atomic E-state index is -0.509. The highest BCUT2D eigenvalue weighted by molar-refractivity contribution is 5.87. The molecule has 2 atom stereocenters. The van der Waals surface area contributed by atoms with Crippen molar-refractivity contribution in [1.82, 2.24) is 16.0 Å². The molecule has 0 spiro atoms. The lowest BCUT2D eigenvalue weighted by Gasteiger charge is -2.24. The zero-order valence-corrected chi connectivity index (χ0v) is 12.4. The molecule has 0 saturated carbocycles. The van der Waals surface area contributed by atoms with Crippen LogP contribution in [0.3, 0.4) is 0 Å². The Balaban J connectivity index is 4.11. The Bertz CT molecular complexity index is 284. The van der Waals surface area contributed by atoms with Crippen molar-refractivity contribution >= 4 is 11.8 Å². The summed E-state index contributed by atoms with van der Waals surface area (Å²) < 4.78 is 0. The average molecular weight is 257 g/mol. The molecular weight excluding hydrogens is 230 g/mol. The van der Waals surface area contributed by atoms with Gasteiger partial charge in [0.2, 0.25) is 11.8 Å². The van der Waals surface area contributed by atoms with Crippen LogP contribution in [0.25, 0.3) is 0 Å². The van der Waals surface area contributed by atoms with E-state index in [0.717, 1.165) is 6.54 Å². The van der Waals surface area contributed by atoms with Gasteiger partial charge in [0.05, 0.1) is 0 Å². The van der Waals surface area contributed by atoms with Crippen LogP contribution in [0.15, 0.2) is 0 Å². The molecule has 0 aromatic rings. The van der Waals surface area contributed by atoms with E-state index in [1.807, 2.05) is 34.6 Å². The highest BCUT2D eigenvalue weighted by Crippen LogP contribution is 2.00. The van der Waals surface area contributed by atoms with Gasteiger partial charge in [-0.2, -0.15) is 0 Å². The zero-order chi connectivity index (χ0) is 14.3. The Morgan fingerprint density at radius 1 is 1.17 bits per heavy atom. The summed E-state index contributed by atoms with van der Waals surface area (Å²) in [6, 6.07) is -0.390. The summed E-state index contributed by atoms with van der Waals surface area (Å²) in [4.78, 5) is 23.4. The molecule has 0 aromatic carbocycles. The van der Waals surface area contributed by atoms with Gasteiger partial charge in [-0.25, -0.2) is 0 Å². The Labute approximate surface area is 110 Å². The Hall–Kier alpha value is -1.10. The molecule has 5 nitrogen and oxygen atoms in total. The molecule has 0 saturated heterocycles. The molecule has 0 rings (SSSR count). The maximum atomic E-state index is 11.8. The van der Waals surface area contributed by atoms with Crippen LogP contribution in [0.1, 0.15) is 48.0 Å². The largest absolute Gasteiger partial charge is 0.350 e. The fourth-order valence-corrected chi connectivity index (χ4v) is 1.54. The summed E-state index contributed by atoms with van der Waals surface area (Å²) in [6.07, 6.45) is 0.376. The third-order valence-corrected chi connectivity index (χ3v) is 2.31. The number of hydrogen-bond donors (Lipinski definition) is 3. The molecular formula is C13H27N3O2. The predicted molar refractivity (Wildman–Crippen MR) is 73.3 cm³/mol. The first-order valence-electron chi connectivity index (χ1n) is 6.50. The molecule has 0 heterocycles. The van der Waals surface area contributed by atoms with Crippen LogP contribution >= 0.6 is 0 Å². The van der Waals surface area contributed by atoms with Crippen LogP contribution in [-0.4, -0.2) is 36.0 Å². The zero-order valence-electron chi connectivity index (χ0n) is 12.4. The van der Waals surface area contributed by atoms with Gasteiger partial charge in [0, 0.05) is 18.0 Å². The van der Waals surface area contributed by atoms with Gasteiger partial charge in [0.25, 0.3) is 0 Å². The van der Waals surface area contributed by atoms with Gasteiger partial charge in [-0.15, -0.1) is 0 Å². The lowest BCUT2D eigenvalue weighted by atomic mass is 10.1. The summed E-state index contributed by atoms with van der Waals surface area (Å²) in [7, 11) is 0. The summed E-state index contributed by atoms with van der Waals surface area (Å²) in [5.74, 6) is -0.271. The van der Waals surface area contributed by atoms with Crippen LogP contribution in [0.4, 0.5) is 0 Å². The van der Waals surface area contributed by atoms with Crippen molar-refractivity contribution in [1.29, 1.82) is 0 Å². The molecule has 3 N–H and O–H groups in total. The molecule has 2 unspecified atom stereocenters. The van der Waals surface area contributed by atoms with E-state index in [9.17, 15) is 9.59 Å². The van der Waals surface area contributed by atoms with E-state index in [2.05, 4.69) is 16.0 Å². The number of hydrogen-bond acceptors (Lipinski definition) is 3. The molecule has 0 aliphatic rings. The summed E-state index contributed by atoms with van der Waals surface area (Å²) in [5, 5.41) is 8.69. The SMILES string of the molecule is CCNC(C)CC(=O)NC(C)C(=O)NC(C)(C)C. The molecule has 0 radical (unpaired) electrons. The first kappa shape index (κ1) is 16.9. The third-order valence-electron chi connectivity index (χ3n) is 2.31. The van der Waals surface area contributed by atoms with Gasteiger partial charge < -0.3 is 16.0 Å². The predicted octanol–water partition coefficient (Wildman–Crippen LogP) is 0.794. The van der Waals surface area contributed by atoms with Crippen molar-refractivity contribution in [2.75, 3.05) is 6.54 Å². The molecule has 2 amide bonds. The van der Waals surface area contributed by atoms with Crippen LogP contribution in [-0.2, 0) is 9.59 Å². The standard InChI is InChI=1S/C13H27N3O2/c1-7-14-9(2)8-11(17)15-10(3)12(18)16-13(4,5)6/h9-10,14H,7-8H2,1-6H3,(H,15,17)(H,16,18). The first-order chi connectivity index (χ1) is 8.15. The number of amides is 2. The van der Waals surface area contributed by atoms with E-state index < -0.39 is 6.04 Å². The van der Waals surface area contributed by atoms with Crippen molar-refractivity contribution in [3.05, 3.63) is 0 Å². The quantitative estimate of drug-likeness (QED) is 0.659. The first-order valence-corrected chi connectivity index (χ1v) is 6.50. The molecule has 106 valence electrons. The van der Waals surface area contributed by atoms with E-state index >= 15 is 0 Å². The van der Waals surface area contributed by atoms with Crippen LogP contribution < -0.4 is 16.0 Å². The fourth-order valence-electron chi connectivity index (χ4n) is 1.54. The minimum Gasteiger partial charge on any atom is -0.350 e. The van der Waals surface area contributed by atoms with Crippen molar-refractivity contribution in [3.8, 4) is 0 Å². The number of carbonyl (C=O) groups excluding carboxylic acids is 2. The Morgan fingerprint density at radius 3 is 2.17 bits per heavy atom. The van der Waals surface area contributed by atoms with Crippen molar-refractivity contribution in [3.63, 3.8) is 0 Å². The molecule has 0 bridgehead atoms. The molecule has 18 heavy (non-hydrogen) atoms. The van der Waals surface area contributed by atoms with E-state index in [-0.39, 0.29) is 23.4 Å². The molecule has 0 aliphatic carbocycles. The van der Waals surface area contributed by atoms with Crippen LogP contribution in [0, 0.1) is 0 Å². The van der Waals surface area contributed by atoms with Gasteiger partial charge in [-0.1, -0.05) is 6.92 Å². The lowest BCUT2D eigenvalue weighted by Crippen LogP contribution is -2.51. The van der Waals surface area contributed by atoms with E-state index in [0.29, 0.717) is 6.42 Å².